The standard InChI is InChI=1S/C18H32Si2/c1-7-19(8-2,9-3)17-15-13-14-16-18-20(10-4,11-5)12-6/h13-14H,7-12H2,1-6H3. The fourth-order valence-corrected chi connectivity index (χ4v) is 7.34. The summed E-state index contributed by atoms with van der Waals surface area (Å²) in [5.74, 6) is 6.53. The molecule has 0 bridgehead atoms. The molecule has 0 rings (SSSR count). The summed E-state index contributed by atoms with van der Waals surface area (Å²) >= 11 is 0. The van der Waals surface area contributed by atoms with E-state index in [1.807, 2.05) is 12.2 Å². The molecule has 0 aromatic heterocycles. The highest BCUT2D eigenvalue weighted by molar-refractivity contribution is 6.87. The Morgan fingerprint density at radius 3 is 1.00 bits per heavy atom. The third kappa shape index (κ3) is 5.74. The summed E-state index contributed by atoms with van der Waals surface area (Å²) < 4.78 is 0. The lowest BCUT2D eigenvalue weighted by Gasteiger charge is -2.19. The number of hydrogen-bond donors (Lipinski definition) is 0. The van der Waals surface area contributed by atoms with E-state index in [1.165, 1.54) is 36.3 Å². The first-order valence-electron chi connectivity index (χ1n) is 8.27. The third-order valence-corrected chi connectivity index (χ3v) is 14.5. The van der Waals surface area contributed by atoms with Crippen molar-refractivity contribution in [3.05, 3.63) is 12.2 Å². The molecule has 0 nitrogen and oxygen atoms in total. The van der Waals surface area contributed by atoms with Gasteiger partial charge in [0.05, 0.1) is 0 Å². The van der Waals surface area contributed by atoms with E-state index in [4.69, 9.17) is 0 Å². The molecule has 0 atom stereocenters. The van der Waals surface area contributed by atoms with E-state index in [-0.39, 0.29) is 0 Å². The van der Waals surface area contributed by atoms with E-state index in [0.717, 1.165) is 0 Å². The quantitative estimate of drug-likeness (QED) is 0.440. The van der Waals surface area contributed by atoms with Crippen LogP contribution in [-0.2, 0) is 0 Å². The second kappa shape index (κ2) is 10.1. The Balaban J connectivity index is 4.79. The molecule has 0 spiro atoms. The minimum atomic E-state index is -1.29. The van der Waals surface area contributed by atoms with E-state index in [0.29, 0.717) is 0 Å². The maximum Gasteiger partial charge on any atom is 0.138 e. The maximum atomic E-state index is 3.57. The van der Waals surface area contributed by atoms with Crippen LogP contribution in [0.15, 0.2) is 12.2 Å². The number of rotatable bonds is 6. The van der Waals surface area contributed by atoms with E-state index in [2.05, 4.69) is 64.5 Å². The maximum absolute atomic E-state index is 3.57. The molecule has 0 saturated heterocycles. The van der Waals surface area contributed by atoms with Gasteiger partial charge in [0.25, 0.3) is 0 Å². The van der Waals surface area contributed by atoms with Crippen molar-refractivity contribution in [3.63, 3.8) is 0 Å². The molecule has 20 heavy (non-hydrogen) atoms. The van der Waals surface area contributed by atoms with Gasteiger partial charge in [-0.05, 0) is 48.4 Å². The van der Waals surface area contributed by atoms with Crippen LogP contribution in [0.1, 0.15) is 41.5 Å². The molecule has 0 N–H and O–H groups in total. The molecule has 0 heterocycles. The molecule has 0 aliphatic rings. The van der Waals surface area contributed by atoms with Crippen molar-refractivity contribution in [3.8, 4) is 22.9 Å². The Kier molecular flexibility index (Phi) is 9.73. The Labute approximate surface area is 129 Å². The number of hydrogen-bond acceptors (Lipinski definition) is 0. The summed E-state index contributed by atoms with van der Waals surface area (Å²) in [6.45, 7) is 13.8. The smallest absolute Gasteiger partial charge is 0.126 e. The minimum Gasteiger partial charge on any atom is -0.126 e. The lowest BCUT2D eigenvalue weighted by Crippen LogP contribution is -2.29. The van der Waals surface area contributed by atoms with Crippen molar-refractivity contribution in [2.24, 2.45) is 0 Å². The molecule has 0 saturated carbocycles. The highest BCUT2D eigenvalue weighted by Gasteiger charge is 2.24. The molecule has 0 unspecified atom stereocenters. The van der Waals surface area contributed by atoms with E-state index in [1.54, 1.807) is 0 Å². The third-order valence-electron chi connectivity index (χ3n) is 4.99. The van der Waals surface area contributed by atoms with Crippen LogP contribution in [0.2, 0.25) is 36.3 Å². The van der Waals surface area contributed by atoms with E-state index < -0.39 is 16.1 Å². The summed E-state index contributed by atoms with van der Waals surface area (Å²) in [7, 11) is -2.57. The van der Waals surface area contributed by atoms with Crippen molar-refractivity contribution < 1.29 is 0 Å². The van der Waals surface area contributed by atoms with Gasteiger partial charge >= 0.3 is 0 Å². The molecule has 0 aliphatic carbocycles. The first-order valence-corrected chi connectivity index (χ1v) is 13.5. The average molecular weight is 305 g/mol. The zero-order valence-electron chi connectivity index (χ0n) is 14.4. The summed E-state index contributed by atoms with van der Waals surface area (Å²) in [6, 6.07) is 7.61. The molecule has 2 heteroatoms. The summed E-state index contributed by atoms with van der Waals surface area (Å²) in [6.07, 6.45) is 3.94. The summed E-state index contributed by atoms with van der Waals surface area (Å²) in [5, 5.41) is 0. The molecule has 0 radical (unpaired) electrons. The van der Waals surface area contributed by atoms with Crippen molar-refractivity contribution in [1.29, 1.82) is 0 Å². The molecule has 0 fully saturated rings. The van der Waals surface area contributed by atoms with Gasteiger partial charge in [0, 0.05) is 0 Å². The topological polar surface area (TPSA) is 0 Å². The first kappa shape index (κ1) is 19.3. The highest BCUT2D eigenvalue weighted by Crippen LogP contribution is 2.19. The first-order chi connectivity index (χ1) is 9.57. The largest absolute Gasteiger partial charge is 0.138 e. The lowest BCUT2D eigenvalue weighted by molar-refractivity contribution is 1.20. The molecule has 0 aliphatic heterocycles. The van der Waals surface area contributed by atoms with Gasteiger partial charge in [0.15, 0.2) is 0 Å². The van der Waals surface area contributed by atoms with Gasteiger partial charge in [-0.15, -0.1) is 11.1 Å². The SMILES string of the molecule is CC[Si](C#CC=CC#C[Si](CC)(CC)CC)(CC)CC. The fourth-order valence-electron chi connectivity index (χ4n) is 2.50. The molecule has 0 aromatic rings. The van der Waals surface area contributed by atoms with Gasteiger partial charge < -0.3 is 0 Å². The zero-order chi connectivity index (χ0) is 15.5. The van der Waals surface area contributed by atoms with Crippen LogP contribution in [0.4, 0.5) is 0 Å². The van der Waals surface area contributed by atoms with Crippen LogP contribution < -0.4 is 0 Å². The van der Waals surface area contributed by atoms with Crippen LogP contribution in [-0.4, -0.2) is 16.1 Å². The molecule has 112 valence electrons. The Hall–Kier alpha value is -0.706. The lowest BCUT2D eigenvalue weighted by atomic mass is 10.5. The summed E-state index contributed by atoms with van der Waals surface area (Å²) in [4.78, 5) is 0. The highest BCUT2D eigenvalue weighted by atomic mass is 28.3. The second-order valence-corrected chi connectivity index (χ2v) is 15.4. The fraction of sp³-hybridized carbons (Fsp3) is 0.667. The van der Waals surface area contributed by atoms with Crippen molar-refractivity contribution in [1.82, 2.24) is 0 Å². The van der Waals surface area contributed by atoms with Gasteiger partial charge in [-0.2, -0.15) is 0 Å². The normalized spacial score (nSPS) is 11.7. The van der Waals surface area contributed by atoms with E-state index >= 15 is 0 Å². The summed E-state index contributed by atoms with van der Waals surface area (Å²) in [5.41, 5.74) is 7.14. The van der Waals surface area contributed by atoms with Gasteiger partial charge in [0.2, 0.25) is 0 Å². The van der Waals surface area contributed by atoms with Gasteiger partial charge in [-0.3, -0.25) is 0 Å². The van der Waals surface area contributed by atoms with Crippen LogP contribution in [0.5, 0.6) is 0 Å². The Morgan fingerprint density at radius 1 is 0.550 bits per heavy atom. The van der Waals surface area contributed by atoms with Crippen LogP contribution in [0.3, 0.4) is 0 Å². The predicted octanol–water partition coefficient (Wildman–Crippen LogP) is 5.64. The van der Waals surface area contributed by atoms with Crippen LogP contribution in [0.25, 0.3) is 0 Å². The molecular formula is C18H32Si2. The zero-order valence-corrected chi connectivity index (χ0v) is 16.4. The van der Waals surface area contributed by atoms with E-state index in [9.17, 15) is 0 Å². The minimum absolute atomic E-state index is 1.27. The number of allylic oxidation sites excluding steroid dienone is 2. The second-order valence-electron chi connectivity index (χ2n) is 5.55. The molecule has 0 amide bonds. The van der Waals surface area contributed by atoms with Crippen molar-refractivity contribution in [2.75, 3.05) is 0 Å². The Bertz CT molecular complexity index is 348. The van der Waals surface area contributed by atoms with Gasteiger partial charge in [-0.25, -0.2) is 0 Å². The predicted molar refractivity (Wildman–Crippen MR) is 99.1 cm³/mol. The van der Waals surface area contributed by atoms with Crippen LogP contribution >= 0.6 is 0 Å². The monoisotopic (exact) mass is 304 g/mol. The van der Waals surface area contributed by atoms with Crippen molar-refractivity contribution >= 4 is 16.1 Å². The molecular weight excluding hydrogens is 272 g/mol. The van der Waals surface area contributed by atoms with Crippen LogP contribution in [0, 0.1) is 22.9 Å². The van der Waals surface area contributed by atoms with Gasteiger partial charge in [-0.1, -0.05) is 53.4 Å². The molecule has 0 aromatic carbocycles. The van der Waals surface area contributed by atoms with Crippen molar-refractivity contribution in [2.45, 2.75) is 77.8 Å². The van der Waals surface area contributed by atoms with Gasteiger partial charge in [0.1, 0.15) is 16.1 Å². The Morgan fingerprint density at radius 2 is 0.800 bits per heavy atom. The average Bonchev–Trinajstić information content (AvgIpc) is 2.52.